The number of fused-ring (bicyclic) bond motifs is 1. The number of ether oxygens (including phenoxy) is 3. The molecule has 0 saturated carbocycles. The van der Waals surface area contributed by atoms with Gasteiger partial charge in [-0.1, -0.05) is 6.07 Å². The van der Waals surface area contributed by atoms with Crippen LogP contribution in [0.15, 0.2) is 18.2 Å². The van der Waals surface area contributed by atoms with E-state index in [9.17, 15) is 0 Å². The molecule has 18 heavy (non-hydrogen) atoms. The molecule has 100 valence electrons. The lowest BCUT2D eigenvalue weighted by Gasteiger charge is -2.13. The zero-order valence-electron chi connectivity index (χ0n) is 11.1. The van der Waals surface area contributed by atoms with E-state index in [0.29, 0.717) is 12.8 Å². The van der Waals surface area contributed by atoms with Crippen molar-refractivity contribution < 1.29 is 14.2 Å². The summed E-state index contributed by atoms with van der Waals surface area (Å²) in [7, 11) is 1.72. The third kappa shape index (κ3) is 3.62. The third-order valence-corrected chi connectivity index (χ3v) is 3.10. The van der Waals surface area contributed by atoms with Crippen molar-refractivity contribution in [3.8, 4) is 11.5 Å². The number of benzene rings is 1. The fourth-order valence-corrected chi connectivity index (χ4v) is 1.99. The lowest BCUT2D eigenvalue weighted by atomic mass is 10.1. The van der Waals surface area contributed by atoms with Crippen molar-refractivity contribution in [2.75, 3.05) is 27.1 Å². The van der Waals surface area contributed by atoms with E-state index in [2.05, 4.69) is 24.4 Å². The molecule has 1 N–H and O–H groups in total. The average Bonchev–Trinajstić information content (AvgIpc) is 2.84. The number of rotatable bonds is 7. The van der Waals surface area contributed by atoms with Crippen LogP contribution in [0.25, 0.3) is 0 Å². The first-order chi connectivity index (χ1) is 8.79. The standard InChI is InChI=1S/C14H21NO3/c1-11(15-7-8-16-2)3-4-12-5-6-13-14(9-12)18-10-17-13/h5-6,9,11,15H,3-4,7-8,10H2,1-2H3. The van der Waals surface area contributed by atoms with Crippen molar-refractivity contribution in [1.82, 2.24) is 5.32 Å². The maximum Gasteiger partial charge on any atom is 0.231 e. The van der Waals surface area contributed by atoms with E-state index in [1.807, 2.05) is 6.07 Å². The van der Waals surface area contributed by atoms with Gasteiger partial charge in [0, 0.05) is 19.7 Å². The van der Waals surface area contributed by atoms with Gasteiger partial charge in [-0.25, -0.2) is 0 Å². The molecule has 2 rings (SSSR count). The largest absolute Gasteiger partial charge is 0.454 e. The molecular formula is C14H21NO3. The minimum Gasteiger partial charge on any atom is -0.454 e. The average molecular weight is 251 g/mol. The Hall–Kier alpha value is -1.26. The van der Waals surface area contributed by atoms with Gasteiger partial charge in [0.2, 0.25) is 6.79 Å². The zero-order valence-corrected chi connectivity index (χ0v) is 11.1. The molecule has 0 saturated heterocycles. The smallest absolute Gasteiger partial charge is 0.231 e. The highest BCUT2D eigenvalue weighted by Gasteiger charge is 2.13. The maximum atomic E-state index is 5.37. The van der Waals surface area contributed by atoms with Crippen LogP contribution in [0.1, 0.15) is 18.9 Å². The van der Waals surface area contributed by atoms with Crippen molar-refractivity contribution in [2.24, 2.45) is 0 Å². The lowest BCUT2D eigenvalue weighted by Crippen LogP contribution is -2.29. The first kappa shape index (κ1) is 13.2. The van der Waals surface area contributed by atoms with Gasteiger partial charge in [0.15, 0.2) is 11.5 Å². The number of aryl methyl sites for hydroxylation is 1. The topological polar surface area (TPSA) is 39.7 Å². The second kappa shape index (κ2) is 6.61. The van der Waals surface area contributed by atoms with Gasteiger partial charge in [-0.3, -0.25) is 0 Å². The minimum atomic E-state index is 0.341. The molecular weight excluding hydrogens is 230 g/mol. The van der Waals surface area contributed by atoms with Gasteiger partial charge < -0.3 is 19.5 Å². The van der Waals surface area contributed by atoms with Crippen molar-refractivity contribution in [3.63, 3.8) is 0 Å². The Bertz CT molecular complexity index is 381. The summed E-state index contributed by atoms with van der Waals surface area (Å²) in [6, 6.07) is 6.66. The van der Waals surface area contributed by atoms with E-state index in [4.69, 9.17) is 14.2 Å². The molecule has 0 bridgehead atoms. The van der Waals surface area contributed by atoms with Crippen LogP contribution in [0.5, 0.6) is 11.5 Å². The molecule has 0 aliphatic carbocycles. The van der Waals surface area contributed by atoms with E-state index in [1.165, 1.54) is 5.56 Å². The minimum absolute atomic E-state index is 0.341. The fourth-order valence-electron chi connectivity index (χ4n) is 1.99. The van der Waals surface area contributed by atoms with Crippen molar-refractivity contribution in [2.45, 2.75) is 25.8 Å². The molecule has 1 aliphatic rings. The molecule has 0 aromatic heterocycles. The van der Waals surface area contributed by atoms with Gasteiger partial charge in [0.05, 0.1) is 6.61 Å². The summed E-state index contributed by atoms with van der Waals surface area (Å²) in [5.41, 5.74) is 1.29. The molecule has 4 nitrogen and oxygen atoms in total. The summed E-state index contributed by atoms with van der Waals surface area (Å²) in [5, 5.41) is 3.43. The molecule has 0 spiro atoms. The second-order valence-electron chi connectivity index (χ2n) is 4.57. The summed E-state index contributed by atoms with van der Waals surface area (Å²) < 4.78 is 15.7. The Labute approximate surface area is 108 Å². The predicted molar refractivity (Wildman–Crippen MR) is 70.2 cm³/mol. The van der Waals surface area contributed by atoms with Crippen LogP contribution in [-0.4, -0.2) is 33.1 Å². The monoisotopic (exact) mass is 251 g/mol. The highest BCUT2D eigenvalue weighted by molar-refractivity contribution is 5.44. The van der Waals surface area contributed by atoms with Crippen molar-refractivity contribution >= 4 is 0 Å². The van der Waals surface area contributed by atoms with Gasteiger partial charge in [0.1, 0.15) is 0 Å². The second-order valence-corrected chi connectivity index (χ2v) is 4.57. The quantitative estimate of drug-likeness (QED) is 0.752. The molecule has 1 atom stereocenters. The van der Waals surface area contributed by atoms with E-state index in [0.717, 1.165) is 37.5 Å². The van der Waals surface area contributed by atoms with E-state index in [-0.39, 0.29) is 0 Å². The SMILES string of the molecule is COCCNC(C)CCc1ccc2c(c1)OCO2. The molecule has 1 unspecified atom stereocenters. The predicted octanol–water partition coefficient (Wildman–Crippen LogP) is 1.97. The van der Waals surface area contributed by atoms with Crippen LogP contribution in [-0.2, 0) is 11.2 Å². The van der Waals surface area contributed by atoms with Crippen molar-refractivity contribution in [1.29, 1.82) is 0 Å². The lowest BCUT2D eigenvalue weighted by molar-refractivity contribution is 0.174. The molecule has 0 radical (unpaired) electrons. The van der Waals surface area contributed by atoms with Gasteiger partial charge >= 0.3 is 0 Å². The van der Waals surface area contributed by atoms with Crippen LogP contribution in [0.2, 0.25) is 0 Å². The number of methoxy groups -OCH3 is 1. The Kier molecular flexibility index (Phi) is 4.84. The Morgan fingerprint density at radius 1 is 1.33 bits per heavy atom. The molecule has 1 heterocycles. The fraction of sp³-hybridized carbons (Fsp3) is 0.571. The number of hydrogen-bond donors (Lipinski definition) is 1. The van der Waals surface area contributed by atoms with E-state index in [1.54, 1.807) is 7.11 Å². The van der Waals surface area contributed by atoms with Gasteiger partial charge in [0.25, 0.3) is 0 Å². The van der Waals surface area contributed by atoms with Crippen LogP contribution < -0.4 is 14.8 Å². The molecule has 1 aliphatic heterocycles. The van der Waals surface area contributed by atoms with Gasteiger partial charge in [-0.05, 0) is 37.5 Å². The molecule has 1 aromatic carbocycles. The molecule has 1 aromatic rings. The summed E-state index contributed by atoms with van der Waals surface area (Å²) >= 11 is 0. The molecule has 0 amide bonds. The Balaban J connectivity index is 1.76. The van der Waals surface area contributed by atoms with E-state index < -0.39 is 0 Å². The summed E-state index contributed by atoms with van der Waals surface area (Å²) in [4.78, 5) is 0. The summed E-state index contributed by atoms with van der Waals surface area (Å²) in [6.07, 6.45) is 2.14. The van der Waals surface area contributed by atoms with Crippen LogP contribution >= 0.6 is 0 Å². The summed E-state index contributed by atoms with van der Waals surface area (Å²) in [6.45, 7) is 4.20. The summed E-state index contributed by atoms with van der Waals surface area (Å²) in [5.74, 6) is 1.72. The Morgan fingerprint density at radius 2 is 2.17 bits per heavy atom. The Morgan fingerprint density at radius 3 is 3.00 bits per heavy atom. The highest BCUT2D eigenvalue weighted by Crippen LogP contribution is 2.32. The maximum absolute atomic E-state index is 5.37. The van der Waals surface area contributed by atoms with Gasteiger partial charge in [-0.15, -0.1) is 0 Å². The van der Waals surface area contributed by atoms with Gasteiger partial charge in [-0.2, -0.15) is 0 Å². The number of hydrogen-bond acceptors (Lipinski definition) is 4. The molecule has 4 heteroatoms. The number of nitrogens with one attached hydrogen (secondary N) is 1. The molecule has 0 fully saturated rings. The highest BCUT2D eigenvalue weighted by atomic mass is 16.7. The first-order valence-corrected chi connectivity index (χ1v) is 6.40. The first-order valence-electron chi connectivity index (χ1n) is 6.40. The zero-order chi connectivity index (χ0) is 12.8. The van der Waals surface area contributed by atoms with Crippen LogP contribution in [0.4, 0.5) is 0 Å². The normalized spacial score (nSPS) is 14.8. The van der Waals surface area contributed by atoms with Crippen molar-refractivity contribution in [3.05, 3.63) is 23.8 Å². The van der Waals surface area contributed by atoms with Crippen LogP contribution in [0, 0.1) is 0 Å². The third-order valence-electron chi connectivity index (χ3n) is 3.10. The van der Waals surface area contributed by atoms with E-state index >= 15 is 0 Å². The van der Waals surface area contributed by atoms with Crippen LogP contribution in [0.3, 0.4) is 0 Å².